The highest BCUT2D eigenvalue weighted by atomic mass is 16.6. The average molecular weight is 246 g/mol. The van der Waals surface area contributed by atoms with Gasteiger partial charge in [-0.05, 0) is 6.42 Å². The Hall–Kier alpha value is -2.10. The molecule has 0 saturated heterocycles. The summed E-state index contributed by atoms with van der Waals surface area (Å²) < 4.78 is 10.2. The van der Waals surface area contributed by atoms with E-state index in [4.69, 9.17) is 4.74 Å². The standard InChI is InChI=1S/C14H14O4/c1-3-14(10-7-5-4-6-8-10)12(15)9-11(18-14)13(16)17-2/h4-9H,3H2,1-2H3. The van der Waals surface area contributed by atoms with Gasteiger partial charge in [0.2, 0.25) is 11.5 Å². The zero-order valence-corrected chi connectivity index (χ0v) is 10.3. The normalized spacial score (nSPS) is 22.3. The van der Waals surface area contributed by atoms with Gasteiger partial charge < -0.3 is 9.47 Å². The van der Waals surface area contributed by atoms with Crippen LogP contribution < -0.4 is 0 Å². The summed E-state index contributed by atoms with van der Waals surface area (Å²) in [5.74, 6) is -0.889. The van der Waals surface area contributed by atoms with E-state index in [2.05, 4.69) is 4.74 Å². The minimum atomic E-state index is -1.09. The van der Waals surface area contributed by atoms with Crippen LogP contribution in [0, 0.1) is 0 Å². The van der Waals surface area contributed by atoms with Gasteiger partial charge in [0.05, 0.1) is 7.11 Å². The Morgan fingerprint density at radius 3 is 2.56 bits per heavy atom. The maximum Gasteiger partial charge on any atom is 0.373 e. The molecular formula is C14H14O4. The molecule has 4 nitrogen and oxygen atoms in total. The third kappa shape index (κ3) is 1.79. The number of ether oxygens (including phenoxy) is 2. The zero-order valence-electron chi connectivity index (χ0n) is 10.3. The molecule has 1 unspecified atom stereocenters. The topological polar surface area (TPSA) is 52.6 Å². The van der Waals surface area contributed by atoms with Crippen molar-refractivity contribution in [2.45, 2.75) is 18.9 Å². The first-order valence-corrected chi connectivity index (χ1v) is 5.73. The number of ketones is 1. The summed E-state index contributed by atoms with van der Waals surface area (Å²) in [6.45, 7) is 1.85. The molecule has 0 spiro atoms. The van der Waals surface area contributed by atoms with Gasteiger partial charge in [-0.15, -0.1) is 0 Å². The minimum absolute atomic E-state index is 0.0341. The molecule has 0 bridgehead atoms. The van der Waals surface area contributed by atoms with E-state index in [0.717, 1.165) is 5.56 Å². The molecule has 0 radical (unpaired) electrons. The van der Waals surface area contributed by atoms with Gasteiger partial charge in [-0.3, -0.25) is 4.79 Å². The van der Waals surface area contributed by atoms with Gasteiger partial charge in [-0.2, -0.15) is 0 Å². The maximum absolute atomic E-state index is 12.1. The van der Waals surface area contributed by atoms with Crippen LogP contribution in [0.2, 0.25) is 0 Å². The first-order valence-electron chi connectivity index (χ1n) is 5.73. The second-order valence-corrected chi connectivity index (χ2v) is 4.01. The zero-order chi connectivity index (χ0) is 13.2. The Labute approximate surface area is 105 Å². The molecule has 0 saturated carbocycles. The Morgan fingerprint density at radius 2 is 2.00 bits per heavy atom. The molecule has 1 aromatic carbocycles. The van der Waals surface area contributed by atoms with Gasteiger partial charge >= 0.3 is 5.97 Å². The summed E-state index contributed by atoms with van der Waals surface area (Å²) >= 11 is 0. The molecular weight excluding hydrogens is 232 g/mol. The monoisotopic (exact) mass is 246 g/mol. The van der Waals surface area contributed by atoms with Crippen molar-refractivity contribution in [3.05, 3.63) is 47.7 Å². The van der Waals surface area contributed by atoms with E-state index in [1.54, 1.807) is 0 Å². The van der Waals surface area contributed by atoms with Gasteiger partial charge in [0.1, 0.15) is 0 Å². The van der Waals surface area contributed by atoms with E-state index in [9.17, 15) is 9.59 Å². The molecule has 1 aromatic rings. The van der Waals surface area contributed by atoms with E-state index >= 15 is 0 Å². The van der Waals surface area contributed by atoms with Crippen LogP contribution in [0.3, 0.4) is 0 Å². The number of rotatable bonds is 3. The second kappa shape index (κ2) is 4.64. The van der Waals surface area contributed by atoms with Crippen molar-refractivity contribution in [3.63, 3.8) is 0 Å². The summed E-state index contributed by atoms with van der Waals surface area (Å²) in [7, 11) is 1.26. The quantitative estimate of drug-likeness (QED) is 0.765. The van der Waals surface area contributed by atoms with Crippen LogP contribution in [0.4, 0.5) is 0 Å². The first-order chi connectivity index (χ1) is 8.64. The van der Waals surface area contributed by atoms with E-state index in [1.807, 2.05) is 37.3 Å². The minimum Gasteiger partial charge on any atom is -0.467 e. The van der Waals surface area contributed by atoms with Crippen molar-refractivity contribution in [2.75, 3.05) is 7.11 Å². The van der Waals surface area contributed by atoms with E-state index in [1.165, 1.54) is 13.2 Å². The van der Waals surface area contributed by atoms with E-state index in [0.29, 0.717) is 6.42 Å². The van der Waals surface area contributed by atoms with Gasteiger partial charge in [-0.25, -0.2) is 4.79 Å². The predicted molar refractivity (Wildman–Crippen MR) is 64.6 cm³/mol. The largest absolute Gasteiger partial charge is 0.467 e. The Bertz CT molecular complexity index is 504. The Kier molecular flexibility index (Phi) is 3.19. The van der Waals surface area contributed by atoms with Crippen molar-refractivity contribution in [3.8, 4) is 0 Å². The van der Waals surface area contributed by atoms with Crippen molar-refractivity contribution in [1.82, 2.24) is 0 Å². The molecule has 1 atom stereocenters. The average Bonchev–Trinajstić information content (AvgIpc) is 2.77. The molecule has 0 amide bonds. The maximum atomic E-state index is 12.1. The lowest BCUT2D eigenvalue weighted by Gasteiger charge is -2.27. The lowest BCUT2D eigenvalue weighted by molar-refractivity contribution is -0.145. The van der Waals surface area contributed by atoms with E-state index < -0.39 is 11.6 Å². The lowest BCUT2D eigenvalue weighted by Crippen LogP contribution is -2.33. The summed E-state index contributed by atoms with van der Waals surface area (Å²) in [6, 6.07) is 9.16. The molecule has 18 heavy (non-hydrogen) atoms. The highest BCUT2D eigenvalue weighted by molar-refractivity contribution is 6.06. The number of esters is 1. The SMILES string of the molecule is CCC1(c2ccccc2)OC(C(=O)OC)=CC1=O. The number of carbonyl (C=O) groups is 2. The molecule has 1 aliphatic heterocycles. The third-order valence-electron chi connectivity index (χ3n) is 3.07. The van der Waals surface area contributed by atoms with Crippen LogP contribution in [0.1, 0.15) is 18.9 Å². The number of hydrogen-bond donors (Lipinski definition) is 0. The molecule has 4 heteroatoms. The lowest BCUT2D eigenvalue weighted by atomic mass is 9.88. The Morgan fingerprint density at radius 1 is 1.33 bits per heavy atom. The first kappa shape index (κ1) is 12.4. The van der Waals surface area contributed by atoms with Gasteiger partial charge in [0, 0.05) is 11.6 Å². The third-order valence-corrected chi connectivity index (χ3v) is 3.07. The van der Waals surface area contributed by atoms with Crippen molar-refractivity contribution in [1.29, 1.82) is 0 Å². The smallest absolute Gasteiger partial charge is 0.373 e. The number of methoxy groups -OCH3 is 1. The van der Waals surface area contributed by atoms with E-state index in [-0.39, 0.29) is 11.5 Å². The predicted octanol–water partition coefficient (Wildman–Crippen LogP) is 1.95. The summed E-state index contributed by atoms with van der Waals surface area (Å²) in [4.78, 5) is 23.6. The number of carbonyl (C=O) groups excluding carboxylic acids is 2. The van der Waals surface area contributed by atoms with Crippen molar-refractivity contribution < 1.29 is 19.1 Å². The van der Waals surface area contributed by atoms with Crippen LogP contribution >= 0.6 is 0 Å². The fourth-order valence-electron chi connectivity index (χ4n) is 2.06. The molecule has 94 valence electrons. The van der Waals surface area contributed by atoms with Gasteiger partial charge in [0.25, 0.3) is 0 Å². The number of hydrogen-bond acceptors (Lipinski definition) is 4. The molecule has 0 aromatic heterocycles. The molecule has 0 aliphatic carbocycles. The van der Waals surface area contributed by atoms with Gasteiger partial charge in [-0.1, -0.05) is 37.3 Å². The van der Waals surface area contributed by atoms with Crippen LogP contribution in [-0.2, 0) is 24.7 Å². The molecule has 1 aliphatic rings. The summed E-state index contributed by atoms with van der Waals surface area (Å²) in [6.07, 6.45) is 1.66. The Balaban J connectivity index is 2.39. The van der Waals surface area contributed by atoms with Crippen LogP contribution in [0.25, 0.3) is 0 Å². The summed E-state index contributed by atoms with van der Waals surface area (Å²) in [5, 5.41) is 0. The molecule has 2 rings (SSSR count). The summed E-state index contributed by atoms with van der Waals surface area (Å²) in [5.41, 5.74) is -0.349. The van der Waals surface area contributed by atoms with Crippen molar-refractivity contribution in [2.24, 2.45) is 0 Å². The molecule has 0 N–H and O–H groups in total. The van der Waals surface area contributed by atoms with Crippen LogP contribution in [-0.4, -0.2) is 18.9 Å². The number of benzene rings is 1. The van der Waals surface area contributed by atoms with Crippen molar-refractivity contribution >= 4 is 11.8 Å². The molecule has 0 fully saturated rings. The van der Waals surface area contributed by atoms with Crippen LogP contribution in [0.15, 0.2) is 42.2 Å². The second-order valence-electron chi connectivity index (χ2n) is 4.01. The molecule has 1 heterocycles. The highest BCUT2D eigenvalue weighted by Crippen LogP contribution is 2.38. The van der Waals surface area contributed by atoms with Gasteiger partial charge in [0.15, 0.2) is 5.60 Å². The highest BCUT2D eigenvalue weighted by Gasteiger charge is 2.46. The van der Waals surface area contributed by atoms with Crippen LogP contribution in [0.5, 0.6) is 0 Å². The fraction of sp³-hybridized carbons (Fsp3) is 0.286. The fourth-order valence-corrected chi connectivity index (χ4v) is 2.06.